The average Bonchev–Trinajstić information content (AvgIpc) is 2.92. The van der Waals surface area contributed by atoms with Gasteiger partial charge in [0.1, 0.15) is 5.82 Å². The van der Waals surface area contributed by atoms with Crippen LogP contribution in [0.5, 0.6) is 0 Å². The third-order valence-corrected chi connectivity index (χ3v) is 4.47. The van der Waals surface area contributed by atoms with Gasteiger partial charge in [-0.15, -0.1) is 10.2 Å². The van der Waals surface area contributed by atoms with Crippen molar-refractivity contribution < 1.29 is 9.59 Å². The Morgan fingerprint density at radius 2 is 2.10 bits per heavy atom. The quantitative estimate of drug-likeness (QED) is 0.794. The number of hydrogen-bond acceptors (Lipinski definition) is 4. The topological polar surface area (TPSA) is 71.3 Å². The minimum Gasteiger partial charge on any atom is -0.342 e. The van der Waals surface area contributed by atoms with Crippen molar-refractivity contribution in [3.05, 3.63) is 11.6 Å². The number of hydrogen-bond donors (Lipinski definition) is 0. The van der Waals surface area contributed by atoms with E-state index >= 15 is 0 Å². The number of piperidine rings is 1. The Hall–Kier alpha value is -1.92. The van der Waals surface area contributed by atoms with E-state index in [9.17, 15) is 9.59 Å². The number of amides is 2. The minimum absolute atomic E-state index is 0.0401. The standard InChI is InChI=1S/C14H21N5O2/c1-3-17-7-8-19-12(15-16-13(19)14(17)21)11-5-4-6-18(9-11)10(2)20/h11H,3-9H2,1-2H3. The fraction of sp³-hybridized carbons (Fsp3) is 0.714. The SMILES string of the molecule is CCN1CCn2c(nnc2C2CCCN(C(C)=O)C2)C1=O. The fourth-order valence-electron chi connectivity index (χ4n) is 3.24. The van der Waals surface area contributed by atoms with E-state index in [1.807, 2.05) is 16.4 Å². The summed E-state index contributed by atoms with van der Waals surface area (Å²) in [6.45, 7) is 7.21. The molecule has 0 radical (unpaired) electrons. The van der Waals surface area contributed by atoms with Crippen molar-refractivity contribution >= 4 is 11.8 Å². The first-order chi connectivity index (χ1) is 10.1. The van der Waals surface area contributed by atoms with E-state index in [1.165, 1.54) is 0 Å². The fourth-order valence-corrected chi connectivity index (χ4v) is 3.24. The number of rotatable bonds is 2. The van der Waals surface area contributed by atoms with E-state index in [-0.39, 0.29) is 17.7 Å². The van der Waals surface area contributed by atoms with E-state index in [4.69, 9.17) is 0 Å². The van der Waals surface area contributed by atoms with Gasteiger partial charge in [0.25, 0.3) is 5.91 Å². The summed E-state index contributed by atoms with van der Waals surface area (Å²) < 4.78 is 1.95. The van der Waals surface area contributed by atoms with Crippen LogP contribution in [0.3, 0.4) is 0 Å². The van der Waals surface area contributed by atoms with Crippen molar-refractivity contribution in [1.82, 2.24) is 24.6 Å². The number of carbonyl (C=O) groups excluding carboxylic acids is 2. The van der Waals surface area contributed by atoms with Crippen LogP contribution in [0, 0.1) is 0 Å². The molecule has 21 heavy (non-hydrogen) atoms. The average molecular weight is 291 g/mol. The first-order valence-electron chi connectivity index (χ1n) is 7.59. The van der Waals surface area contributed by atoms with Crippen LogP contribution in [-0.4, -0.2) is 62.6 Å². The third-order valence-electron chi connectivity index (χ3n) is 4.47. The lowest BCUT2D eigenvalue weighted by atomic mass is 9.97. The summed E-state index contributed by atoms with van der Waals surface area (Å²) in [6, 6.07) is 0. The lowest BCUT2D eigenvalue weighted by molar-refractivity contribution is -0.130. The maximum atomic E-state index is 12.3. The number of likely N-dealkylation sites (N-methyl/N-ethyl adjacent to an activating group) is 1. The predicted molar refractivity (Wildman–Crippen MR) is 75.8 cm³/mol. The summed E-state index contributed by atoms with van der Waals surface area (Å²) in [5, 5.41) is 8.36. The first-order valence-corrected chi connectivity index (χ1v) is 7.59. The molecular weight excluding hydrogens is 270 g/mol. The summed E-state index contributed by atoms with van der Waals surface area (Å²) in [5.41, 5.74) is 0. The molecule has 1 unspecified atom stereocenters. The molecule has 0 N–H and O–H groups in total. The van der Waals surface area contributed by atoms with Crippen LogP contribution in [-0.2, 0) is 11.3 Å². The smallest absolute Gasteiger partial charge is 0.291 e. The third kappa shape index (κ3) is 2.41. The van der Waals surface area contributed by atoms with Crippen LogP contribution in [0.25, 0.3) is 0 Å². The molecule has 1 aromatic rings. The zero-order valence-corrected chi connectivity index (χ0v) is 12.6. The minimum atomic E-state index is -0.0401. The van der Waals surface area contributed by atoms with Gasteiger partial charge in [-0.1, -0.05) is 0 Å². The Bertz CT molecular complexity index is 568. The van der Waals surface area contributed by atoms with Gasteiger partial charge < -0.3 is 14.4 Å². The highest BCUT2D eigenvalue weighted by molar-refractivity contribution is 5.91. The van der Waals surface area contributed by atoms with Crippen molar-refractivity contribution in [2.45, 2.75) is 39.2 Å². The largest absolute Gasteiger partial charge is 0.342 e. The van der Waals surface area contributed by atoms with Crippen LogP contribution in [0.15, 0.2) is 0 Å². The van der Waals surface area contributed by atoms with E-state index in [0.717, 1.165) is 31.8 Å². The molecule has 0 spiro atoms. The highest BCUT2D eigenvalue weighted by Gasteiger charge is 2.32. The van der Waals surface area contributed by atoms with Gasteiger partial charge in [0, 0.05) is 45.6 Å². The molecule has 1 atom stereocenters. The molecule has 1 fully saturated rings. The summed E-state index contributed by atoms with van der Waals surface area (Å²) >= 11 is 0. The second kappa shape index (κ2) is 5.46. The zero-order chi connectivity index (χ0) is 15.0. The summed E-state index contributed by atoms with van der Waals surface area (Å²) in [4.78, 5) is 27.5. The van der Waals surface area contributed by atoms with Crippen LogP contribution in [0.1, 0.15) is 49.1 Å². The van der Waals surface area contributed by atoms with Gasteiger partial charge in [0.05, 0.1) is 0 Å². The van der Waals surface area contributed by atoms with E-state index in [2.05, 4.69) is 10.2 Å². The maximum absolute atomic E-state index is 12.3. The number of carbonyl (C=O) groups is 2. The highest BCUT2D eigenvalue weighted by atomic mass is 16.2. The van der Waals surface area contributed by atoms with Crippen molar-refractivity contribution in [3.8, 4) is 0 Å². The molecule has 1 saturated heterocycles. The van der Waals surface area contributed by atoms with Crippen LogP contribution < -0.4 is 0 Å². The molecule has 114 valence electrons. The molecule has 2 amide bonds. The number of fused-ring (bicyclic) bond motifs is 1. The molecule has 2 aliphatic heterocycles. The van der Waals surface area contributed by atoms with E-state index in [0.29, 0.717) is 25.5 Å². The maximum Gasteiger partial charge on any atom is 0.291 e. The second-order valence-corrected chi connectivity index (χ2v) is 5.72. The first kappa shape index (κ1) is 14.0. The number of likely N-dealkylation sites (tertiary alicyclic amines) is 1. The van der Waals surface area contributed by atoms with Crippen molar-refractivity contribution in [2.24, 2.45) is 0 Å². The molecule has 0 bridgehead atoms. The molecule has 0 aromatic carbocycles. The molecule has 0 aliphatic carbocycles. The Morgan fingerprint density at radius 1 is 1.29 bits per heavy atom. The summed E-state index contributed by atoms with van der Waals surface area (Å²) in [5.74, 6) is 1.55. The van der Waals surface area contributed by atoms with Gasteiger partial charge in [-0.05, 0) is 19.8 Å². The highest BCUT2D eigenvalue weighted by Crippen LogP contribution is 2.27. The number of nitrogens with zero attached hydrogens (tertiary/aromatic N) is 5. The monoisotopic (exact) mass is 291 g/mol. The second-order valence-electron chi connectivity index (χ2n) is 5.72. The van der Waals surface area contributed by atoms with Crippen LogP contribution in [0.2, 0.25) is 0 Å². The van der Waals surface area contributed by atoms with Gasteiger partial charge in [-0.25, -0.2) is 0 Å². The van der Waals surface area contributed by atoms with E-state index < -0.39 is 0 Å². The predicted octanol–water partition coefficient (Wildman–Crippen LogP) is 0.480. The normalized spacial score (nSPS) is 22.4. The lowest BCUT2D eigenvalue weighted by Crippen LogP contribution is -2.42. The van der Waals surface area contributed by atoms with Crippen LogP contribution >= 0.6 is 0 Å². The number of aromatic nitrogens is 3. The van der Waals surface area contributed by atoms with Gasteiger partial charge in [-0.3, -0.25) is 9.59 Å². The Balaban J connectivity index is 1.85. The molecule has 7 heteroatoms. The Kier molecular flexibility index (Phi) is 3.65. The summed E-state index contributed by atoms with van der Waals surface area (Å²) in [6.07, 6.45) is 1.97. The Morgan fingerprint density at radius 3 is 2.81 bits per heavy atom. The van der Waals surface area contributed by atoms with Crippen molar-refractivity contribution in [3.63, 3.8) is 0 Å². The van der Waals surface area contributed by atoms with Crippen molar-refractivity contribution in [2.75, 3.05) is 26.2 Å². The molecule has 3 rings (SSSR count). The molecule has 7 nitrogen and oxygen atoms in total. The van der Waals surface area contributed by atoms with Gasteiger partial charge >= 0.3 is 0 Å². The van der Waals surface area contributed by atoms with Gasteiger partial charge in [-0.2, -0.15) is 0 Å². The molecule has 2 aliphatic rings. The Labute approximate surface area is 123 Å². The zero-order valence-electron chi connectivity index (χ0n) is 12.6. The molecular formula is C14H21N5O2. The van der Waals surface area contributed by atoms with Gasteiger partial charge in [0.2, 0.25) is 11.7 Å². The molecule has 1 aromatic heterocycles. The van der Waals surface area contributed by atoms with Crippen LogP contribution in [0.4, 0.5) is 0 Å². The van der Waals surface area contributed by atoms with E-state index in [1.54, 1.807) is 11.8 Å². The summed E-state index contributed by atoms with van der Waals surface area (Å²) in [7, 11) is 0. The van der Waals surface area contributed by atoms with Gasteiger partial charge in [0.15, 0.2) is 0 Å². The molecule has 0 saturated carbocycles. The lowest BCUT2D eigenvalue weighted by Gasteiger charge is -2.33. The molecule has 3 heterocycles. The van der Waals surface area contributed by atoms with Crippen molar-refractivity contribution in [1.29, 1.82) is 0 Å².